The Hall–Kier alpha value is -2.63. The van der Waals surface area contributed by atoms with Gasteiger partial charge in [0.2, 0.25) is 5.91 Å². The number of carbonyl (C=O) groups excluding carboxylic acids is 1. The smallest absolute Gasteiger partial charge is 0.325 e. The summed E-state index contributed by atoms with van der Waals surface area (Å²) in [5, 5.41) is 16.1. The maximum absolute atomic E-state index is 13.4. The van der Waals surface area contributed by atoms with Gasteiger partial charge in [-0.2, -0.15) is 5.10 Å². The molecule has 1 heterocycles. The molecule has 4 fully saturated rings. The van der Waals surface area contributed by atoms with Crippen LogP contribution in [-0.4, -0.2) is 26.8 Å². The fraction of sp³-hybridized carbons (Fsp3) is 0.522. The number of nitrogens with one attached hydrogen (secondary N) is 1. The van der Waals surface area contributed by atoms with Gasteiger partial charge >= 0.3 is 5.97 Å². The number of carboxylic acids is 1. The fourth-order valence-corrected chi connectivity index (χ4v) is 6.68. The lowest BCUT2D eigenvalue weighted by Gasteiger charge is -2.61. The van der Waals surface area contributed by atoms with Gasteiger partial charge in [-0.3, -0.25) is 14.3 Å². The highest BCUT2D eigenvalue weighted by molar-refractivity contribution is 5.95. The minimum Gasteiger partial charge on any atom is -0.480 e. The van der Waals surface area contributed by atoms with Crippen LogP contribution in [0.3, 0.4) is 0 Å². The van der Waals surface area contributed by atoms with Gasteiger partial charge in [0.1, 0.15) is 6.54 Å². The van der Waals surface area contributed by atoms with Crippen LogP contribution in [0, 0.1) is 24.2 Å². The summed E-state index contributed by atoms with van der Waals surface area (Å²) >= 11 is 0. The van der Waals surface area contributed by atoms with E-state index in [2.05, 4.69) is 41.6 Å². The first kappa shape index (κ1) is 18.4. The number of anilines is 1. The molecule has 2 aromatic rings. The number of rotatable bonds is 5. The molecule has 152 valence electrons. The van der Waals surface area contributed by atoms with E-state index in [0.29, 0.717) is 17.7 Å². The van der Waals surface area contributed by atoms with Gasteiger partial charge in [-0.05, 0) is 68.3 Å². The van der Waals surface area contributed by atoms with Gasteiger partial charge < -0.3 is 10.4 Å². The summed E-state index contributed by atoms with van der Waals surface area (Å²) < 4.78 is 1.34. The standard InChI is InChI=1S/C23H27N3O3/c1-15-2-4-18(5-3-15)22-9-16-8-17(10-22)12-23(11-16,14-22)21(29)24-19-6-7-26(25-19)13-20(27)28/h2-7,16-17H,8-14H2,1H3,(H,27,28)(H,24,25,29). The summed E-state index contributed by atoms with van der Waals surface area (Å²) in [6, 6.07) is 10.6. The van der Waals surface area contributed by atoms with Gasteiger partial charge in [0.15, 0.2) is 5.82 Å². The number of amides is 1. The van der Waals surface area contributed by atoms with Crippen molar-refractivity contribution in [2.75, 3.05) is 5.32 Å². The van der Waals surface area contributed by atoms with Crippen molar-refractivity contribution in [1.29, 1.82) is 0 Å². The second-order valence-corrected chi connectivity index (χ2v) is 9.63. The first-order chi connectivity index (χ1) is 13.9. The lowest BCUT2D eigenvalue weighted by molar-refractivity contribution is -0.143. The third kappa shape index (κ3) is 3.15. The summed E-state index contributed by atoms with van der Waals surface area (Å²) in [6.45, 7) is 1.91. The van der Waals surface area contributed by atoms with Crippen molar-refractivity contribution in [3.8, 4) is 0 Å². The molecular weight excluding hydrogens is 366 g/mol. The quantitative estimate of drug-likeness (QED) is 0.810. The van der Waals surface area contributed by atoms with E-state index in [1.165, 1.54) is 35.1 Å². The van der Waals surface area contributed by atoms with E-state index in [1.807, 2.05) is 0 Å². The summed E-state index contributed by atoms with van der Waals surface area (Å²) in [5.41, 5.74) is 2.42. The van der Waals surface area contributed by atoms with E-state index in [1.54, 1.807) is 12.3 Å². The van der Waals surface area contributed by atoms with Crippen LogP contribution < -0.4 is 5.32 Å². The molecule has 6 rings (SSSR count). The molecule has 0 spiro atoms. The van der Waals surface area contributed by atoms with Crippen molar-refractivity contribution >= 4 is 17.7 Å². The predicted molar refractivity (Wildman–Crippen MR) is 108 cm³/mol. The van der Waals surface area contributed by atoms with Gasteiger partial charge in [-0.25, -0.2) is 0 Å². The van der Waals surface area contributed by atoms with Crippen LogP contribution in [0.2, 0.25) is 0 Å². The molecule has 6 nitrogen and oxygen atoms in total. The van der Waals surface area contributed by atoms with Gasteiger partial charge in [0.05, 0.1) is 5.41 Å². The Balaban J connectivity index is 1.41. The maximum Gasteiger partial charge on any atom is 0.325 e. The summed E-state index contributed by atoms with van der Waals surface area (Å²) in [5.74, 6) is 0.757. The molecule has 2 unspecified atom stereocenters. The van der Waals surface area contributed by atoms with Crippen LogP contribution in [0.15, 0.2) is 36.5 Å². The molecule has 4 saturated carbocycles. The van der Waals surface area contributed by atoms with Gasteiger partial charge in [-0.1, -0.05) is 29.8 Å². The molecule has 0 saturated heterocycles. The third-order valence-corrected chi connectivity index (χ3v) is 7.39. The van der Waals surface area contributed by atoms with Crippen molar-refractivity contribution < 1.29 is 14.7 Å². The van der Waals surface area contributed by atoms with Crippen molar-refractivity contribution in [1.82, 2.24) is 9.78 Å². The highest BCUT2D eigenvalue weighted by atomic mass is 16.4. The zero-order valence-electron chi connectivity index (χ0n) is 16.7. The minimum absolute atomic E-state index is 0.0589. The fourth-order valence-electron chi connectivity index (χ4n) is 6.68. The molecule has 0 aliphatic heterocycles. The Kier molecular flexibility index (Phi) is 4.09. The second kappa shape index (κ2) is 6.44. The molecule has 6 heteroatoms. The number of hydrogen-bond donors (Lipinski definition) is 2. The largest absolute Gasteiger partial charge is 0.480 e. The molecule has 0 radical (unpaired) electrons. The molecule has 1 amide bonds. The number of aromatic nitrogens is 2. The summed E-state index contributed by atoms with van der Waals surface area (Å²) in [4.78, 5) is 24.3. The zero-order valence-corrected chi connectivity index (χ0v) is 16.7. The first-order valence-electron chi connectivity index (χ1n) is 10.5. The van der Waals surface area contributed by atoms with Gasteiger partial charge in [0.25, 0.3) is 0 Å². The van der Waals surface area contributed by atoms with Crippen molar-refractivity contribution in [2.45, 2.75) is 57.4 Å². The minimum atomic E-state index is -0.952. The van der Waals surface area contributed by atoms with Crippen LogP contribution in [0.25, 0.3) is 0 Å². The third-order valence-electron chi connectivity index (χ3n) is 7.39. The molecule has 4 aliphatic carbocycles. The van der Waals surface area contributed by atoms with Crippen molar-refractivity contribution in [3.05, 3.63) is 47.7 Å². The van der Waals surface area contributed by atoms with E-state index in [4.69, 9.17) is 5.11 Å². The average molecular weight is 393 g/mol. The highest BCUT2D eigenvalue weighted by Gasteiger charge is 2.60. The predicted octanol–water partition coefficient (Wildman–Crippen LogP) is 3.75. The Morgan fingerprint density at radius 1 is 1.14 bits per heavy atom. The van der Waals surface area contributed by atoms with Crippen LogP contribution in [0.5, 0.6) is 0 Å². The Labute approximate surface area is 170 Å². The number of aliphatic carboxylic acids is 1. The van der Waals surface area contributed by atoms with E-state index < -0.39 is 5.97 Å². The van der Waals surface area contributed by atoms with E-state index in [0.717, 1.165) is 19.3 Å². The molecule has 4 aliphatic rings. The lowest BCUT2D eigenvalue weighted by atomic mass is 9.42. The zero-order chi connectivity index (χ0) is 20.2. The Morgan fingerprint density at radius 2 is 1.83 bits per heavy atom. The Morgan fingerprint density at radius 3 is 2.48 bits per heavy atom. The van der Waals surface area contributed by atoms with E-state index in [-0.39, 0.29) is 23.3 Å². The molecular formula is C23H27N3O3. The second-order valence-electron chi connectivity index (χ2n) is 9.63. The SMILES string of the molecule is Cc1ccc(C23CC4CC(CC(C(=O)Nc5ccn(CC(=O)O)n5)(C4)C2)C3)cc1. The van der Waals surface area contributed by atoms with Crippen LogP contribution in [-0.2, 0) is 21.5 Å². The average Bonchev–Trinajstić information content (AvgIpc) is 3.07. The van der Waals surface area contributed by atoms with Gasteiger partial charge in [0, 0.05) is 12.3 Å². The van der Waals surface area contributed by atoms with Crippen LogP contribution >= 0.6 is 0 Å². The van der Waals surface area contributed by atoms with Gasteiger partial charge in [-0.15, -0.1) is 0 Å². The highest BCUT2D eigenvalue weighted by Crippen LogP contribution is 2.65. The molecule has 1 aromatic heterocycles. The summed E-state index contributed by atoms with van der Waals surface area (Å²) in [7, 11) is 0. The monoisotopic (exact) mass is 393 g/mol. The summed E-state index contributed by atoms with van der Waals surface area (Å²) in [6.07, 6.45) is 8.03. The lowest BCUT2D eigenvalue weighted by Crippen LogP contribution is -2.58. The molecule has 1 aromatic carbocycles. The Bertz CT molecular complexity index is 948. The topological polar surface area (TPSA) is 84.2 Å². The molecule has 29 heavy (non-hydrogen) atoms. The molecule has 2 N–H and O–H groups in total. The first-order valence-corrected chi connectivity index (χ1v) is 10.5. The number of hydrogen-bond acceptors (Lipinski definition) is 3. The normalized spacial score (nSPS) is 32.3. The van der Waals surface area contributed by atoms with Crippen molar-refractivity contribution in [2.24, 2.45) is 17.3 Å². The number of aryl methyl sites for hydroxylation is 1. The molecule has 4 bridgehead atoms. The number of nitrogens with zero attached hydrogens (tertiary/aromatic N) is 2. The number of carboxylic acid groups (broad SMARTS) is 1. The number of carbonyl (C=O) groups is 2. The number of benzene rings is 1. The van der Waals surface area contributed by atoms with Crippen LogP contribution in [0.1, 0.15) is 49.7 Å². The van der Waals surface area contributed by atoms with Crippen molar-refractivity contribution in [3.63, 3.8) is 0 Å². The van der Waals surface area contributed by atoms with E-state index in [9.17, 15) is 9.59 Å². The van der Waals surface area contributed by atoms with E-state index >= 15 is 0 Å². The van der Waals surface area contributed by atoms with Crippen LogP contribution in [0.4, 0.5) is 5.82 Å². The molecule has 2 atom stereocenters. The maximum atomic E-state index is 13.4.